The van der Waals surface area contributed by atoms with E-state index >= 15 is 0 Å². The van der Waals surface area contributed by atoms with Gasteiger partial charge in [-0.1, -0.05) is 29.8 Å². The summed E-state index contributed by atoms with van der Waals surface area (Å²) in [5.41, 5.74) is 0.306. The van der Waals surface area contributed by atoms with Crippen molar-refractivity contribution in [2.75, 3.05) is 19.6 Å². The van der Waals surface area contributed by atoms with E-state index < -0.39 is 0 Å². The number of nitrogens with zero attached hydrogens (tertiary/aromatic N) is 1. The summed E-state index contributed by atoms with van der Waals surface area (Å²) in [6.07, 6.45) is 1.98. The second kappa shape index (κ2) is 9.05. The van der Waals surface area contributed by atoms with Gasteiger partial charge in [0, 0.05) is 10.5 Å². The van der Waals surface area contributed by atoms with Gasteiger partial charge < -0.3 is 15.3 Å². The lowest BCUT2D eigenvalue weighted by atomic mass is 10.1. The number of carbonyl (C=O) groups is 1. The molecule has 0 aromatic heterocycles. The Morgan fingerprint density at radius 1 is 1.38 bits per heavy atom. The van der Waals surface area contributed by atoms with Gasteiger partial charge in [-0.25, -0.2) is 0 Å². The van der Waals surface area contributed by atoms with E-state index in [9.17, 15) is 9.90 Å². The maximum absolute atomic E-state index is 12.1. The zero-order valence-corrected chi connectivity index (χ0v) is 14.6. The molecule has 0 spiro atoms. The Labute approximate surface area is 135 Å². The molecule has 1 unspecified atom stereocenters. The van der Waals surface area contributed by atoms with Crippen molar-refractivity contribution in [1.82, 2.24) is 10.2 Å². The van der Waals surface area contributed by atoms with Crippen LogP contribution >= 0.6 is 15.9 Å². The lowest BCUT2D eigenvalue weighted by Crippen LogP contribution is -2.33. The van der Waals surface area contributed by atoms with Gasteiger partial charge >= 0.3 is 0 Å². The summed E-state index contributed by atoms with van der Waals surface area (Å²) in [4.78, 5) is 14.5. The van der Waals surface area contributed by atoms with Gasteiger partial charge in [0.2, 0.25) is 0 Å². The minimum absolute atomic E-state index is 0.00559. The van der Waals surface area contributed by atoms with Crippen LogP contribution in [0.15, 0.2) is 22.7 Å². The maximum Gasteiger partial charge on any atom is 0.255 e. The summed E-state index contributed by atoms with van der Waals surface area (Å²) >= 11 is 3.31. The normalized spacial score (nSPS) is 12.4. The van der Waals surface area contributed by atoms with Crippen LogP contribution in [0.25, 0.3) is 0 Å². The third kappa shape index (κ3) is 6.06. The first-order valence-electron chi connectivity index (χ1n) is 7.49. The second-order valence-corrected chi connectivity index (χ2v) is 6.12. The Balaban J connectivity index is 2.45. The average molecular weight is 357 g/mol. The minimum Gasteiger partial charge on any atom is -0.507 e. The van der Waals surface area contributed by atoms with E-state index in [1.165, 1.54) is 6.07 Å². The Morgan fingerprint density at radius 3 is 2.67 bits per heavy atom. The van der Waals surface area contributed by atoms with Crippen molar-refractivity contribution >= 4 is 21.8 Å². The topological polar surface area (TPSA) is 52.6 Å². The van der Waals surface area contributed by atoms with Crippen molar-refractivity contribution in [1.29, 1.82) is 0 Å². The summed E-state index contributed by atoms with van der Waals surface area (Å²) < 4.78 is 0.777. The smallest absolute Gasteiger partial charge is 0.255 e. The first kappa shape index (κ1) is 18.0. The van der Waals surface area contributed by atoms with Crippen LogP contribution in [0.2, 0.25) is 0 Å². The first-order chi connectivity index (χ1) is 9.97. The predicted octanol–water partition coefficient (Wildman–Crippen LogP) is 3.40. The molecule has 5 heteroatoms. The number of amides is 1. The lowest BCUT2D eigenvalue weighted by Gasteiger charge is -2.20. The molecule has 0 bridgehead atoms. The summed E-state index contributed by atoms with van der Waals surface area (Å²) in [6.45, 7) is 9.48. The summed E-state index contributed by atoms with van der Waals surface area (Å²) in [7, 11) is 0. The number of benzene rings is 1. The Kier molecular flexibility index (Phi) is 7.75. The van der Waals surface area contributed by atoms with E-state index in [-0.39, 0.29) is 17.7 Å². The van der Waals surface area contributed by atoms with Crippen molar-refractivity contribution in [3.05, 3.63) is 28.2 Å². The van der Waals surface area contributed by atoms with Crippen molar-refractivity contribution in [2.45, 2.75) is 39.7 Å². The molecular formula is C16H25BrN2O2. The monoisotopic (exact) mass is 356 g/mol. The molecular weight excluding hydrogens is 332 g/mol. The molecule has 1 atom stereocenters. The largest absolute Gasteiger partial charge is 0.507 e. The molecule has 0 aliphatic heterocycles. The molecule has 2 N–H and O–H groups in total. The molecule has 1 aromatic carbocycles. The zero-order valence-electron chi connectivity index (χ0n) is 13.0. The van der Waals surface area contributed by atoms with Crippen molar-refractivity contribution < 1.29 is 9.90 Å². The number of nitrogens with one attached hydrogen (secondary N) is 1. The fourth-order valence-electron chi connectivity index (χ4n) is 2.22. The van der Waals surface area contributed by atoms with Crippen molar-refractivity contribution in [3.63, 3.8) is 0 Å². The fraction of sp³-hybridized carbons (Fsp3) is 0.562. The van der Waals surface area contributed by atoms with Crippen molar-refractivity contribution in [2.24, 2.45) is 0 Å². The number of halogens is 1. The molecule has 0 fully saturated rings. The van der Waals surface area contributed by atoms with Gasteiger partial charge in [0.05, 0.1) is 5.56 Å². The van der Waals surface area contributed by atoms with Crippen molar-refractivity contribution in [3.8, 4) is 5.75 Å². The van der Waals surface area contributed by atoms with Gasteiger partial charge in [0.15, 0.2) is 0 Å². The number of hydrogen-bond donors (Lipinski definition) is 2. The van der Waals surface area contributed by atoms with Crippen LogP contribution in [0, 0.1) is 0 Å². The van der Waals surface area contributed by atoms with E-state index in [1.54, 1.807) is 12.1 Å². The molecule has 1 aromatic rings. The Morgan fingerprint density at radius 2 is 2.05 bits per heavy atom. The van der Waals surface area contributed by atoms with Crippen LogP contribution in [0.5, 0.6) is 5.75 Å². The SMILES string of the molecule is CCN(CC)CCCC(C)NC(=O)c1cc(Br)ccc1O. The number of aromatic hydroxyl groups is 1. The van der Waals surface area contributed by atoms with Gasteiger partial charge in [-0.2, -0.15) is 0 Å². The first-order valence-corrected chi connectivity index (χ1v) is 8.28. The summed E-state index contributed by atoms with van der Waals surface area (Å²) in [6, 6.07) is 4.95. The molecule has 0 aliphatic carbocycles. The molecule has 0 aliphatic rings. The number of hydrogen-bond acceptors (Lipinski definition) is 3. The van der Waals surface area contributed by atoms with E-state index in [0.717, 1.165) is 36.9 Å². The Bertz CT molecular complexity index is 462. The highest BCUT2D eigenvalue weighted by molar-refractivity contribution is 9.10. The molecule has 21 heavy (non-hydrogen) atoms. The second-order valence-electron chi connectivity index (χ2n) is 5.21. The van der Waals surface area contributed by atoms with Crippen LogP contribution in [0.1, 0.15) is 44.0 Å². The molecule has 0 radical (unpaired) electrons. The summed E-state index contributed by atoms with van der Waals surface area (Å²) in [5.74, 6) is -0.227. The van der Waals surface area contributed by atoms with Gasteiger partial charge in [0.1, 0.15) is 5.75 Å². The maximum atomic E-state index is 12.1. The quantitative estimate of drug-likeness (QED) is 0.750. The van der Waals surface area contributed by atoms with Gasteiger partial charge in [-0.15, -0.1) is 0 Å². The van der Waals surface area contributed by atoms with Gasteiger partial charge in [-0.3, -0.25) is 4.79 Å². The molecule has 0 saturated carbocycles. The van der Waals surface area contributed by atoms with Gasteiger partial charge in [0.25, 0.3) is 5.91 Å². The highest BCUT2D eigenvalue weighted by Crippen LogP contribution is 2.21. The molecule has 1 rings (SSSR count). The van der Waals surface area contributed by atoms with Crippen LogP contribution in [0.4, 0.5) is 0 Å². The van der Waals surface area contributed by atoms with Crippen LogP contribution in [0.3, 0.4) is 0 Å². The fourth-order valence-corrected chi connectivity index (χ4v) is 2.59. The van der Waals surface area contributed by atoms with E-state index in [0.29, 0.717) is 5.56 Å². The number of rotatable bonds is 8. The summed E-state index contributed by atoms with van der Waals surface area (Å²) in [5, 5.41) is 12.7. The number of phenolic OH excluding ortho intramolecular Hbond substituents is 1. The highest BCUT2D eigenvalue weighted by Gasteiger charge is 2.14. The number of phenols is 1. The lowest BCUT2D eigenvalue weighted by molar-refractivity contribution is 0.0934. The number of carbonyl (C=O) groups excluding carboxylic acids is 1. The molecule has 1 amide bonds. The minimum atomic E-state index is -0.232. The Hall–Kier alpha value is -1.07. The molecule has 118 valence electrons. The average Bonchev–Trinajstić information content (AvgIpc) is 2.46. The van der Waals surface area contributed by atoms with Gasteiger partial charge in [-0.05, 0) is 57.6 Å². The standard InChI is InChI=1S/C16H25BrN2O2/c1-4-19(5-2)10-6-7-12(3)18-16(21)14-11-13(17)8-9-15(14)20/h8-9,11-12,20H,4-7,10H2,1-3H3,(H,18,21). The zero-order chi connectivity index (χ0) is 15.8. The van der Waals surface area contributed by atoms with E-state index in [2.05, 4.69) is 40.0 Å². The third-order valence-corrected chi connectivity index (χ3v) is 4.08. The predicted molar refractivity (Wildman–Crippen MR) is 89.8 cm³/mol. The van der Waals surface area contributed by atoms with Crippen LogP contribution in [-0.2, 0) is 0 Å². The van der Waals surface area contributed by atoms with E-state index in [1.807, 2.05) is 6.92 Å². The highest BCUT2D eigenvalue weighted by atomic mass is 79.9. The molecule has 0 heterocycles. The van der Waals surface area contributed by atoms with E-state index in [4.69, 9.17) is 0 Å². The molecule has 4 nitrogen and oxygen atoms in total. The molecule has 0 saturated heterocycles. The third-order valence-electron chi connectivity index (χ3n) is 3.59. The van der Waals surface area contributed by atoms with Crippen LogP contribution < -0.4 is 5.32 Å². The van der Waals surface area contributed by atoms with Crippen LogP contribution in [-0.4, -0.2) is 41.6 Å².